The number of hydrogen-bond donors (Lipinski definition) is 0. The van der Waals surface area contributed by atoms with Gasteiger partial charge in [-0.15, -0.1) is 0 Å². The highest BCUT2D eigenvalue weighted by Crippen LogP contribution is 2.43. The quantitative estimate of drug-likeness (QED) is 0.537. The minimum Gasteiger partial charge on any atom is -0.158 e. The molecule has 11 heavy (non-hydrogen) atoms. The van der Waals surface area contributed by atoms with Crippen LogP contribution in [0.15, 0.2) is 0 Å². The maximum absolute atomic E-state index is 2.46. The molecule has 2 fully saturated rings. The second-order valence-electron chi connectivity index (χ2n) is 4.12. The van der Waals surface area contributed by atoms with E-state index in [-0.39, 0.29) is 0 Å². The van der Waals surface area contributed by atoms with Gasteiger partial charge in [-0.2, -0.15) is 11.8 Å². The molecule has 0 unspecified atom stereocenters. The molecule has 0 aromatic rings. The lowest BCUT2D eigenvalue weighted by molar-refractivity contribution is 0.244. The van der Waals surface area contributed by atoms with Gasteiger partial charge in [0, 0.05) is 5.25 Å². The van der Waals surface area contributed by atoms with E-state index in [2.05, 4.69) is 18.7 Å². The summed E-state index contributed by atoms with van der Waals surface area (Å²) in [6.07, 6.45) is 7.52. The van der Waals surface area contributed by atoms with Gasteiger partial charge in [0.25, 0.3) is 0 Å². The van der Waals surface area contributed by atoms with Crippen LogP contribution in [0, 0.1) is 11.8 Å². The molecule has 0 radical (unpaired) electrons. The molecular weight excluding hydrogens is 152 g/mol. The van der Waals surface area contributed by atoms with Gasteiger partial charge in [0.1, 0.15) is 0 Å². The Kier molecular flexibility index (Phi) is 2.45. The maximum Gasteiger partial charge on any atom is 0.00778 e. The van der Waals surface area contributed by atoms with E-state index in [1.807, 2.05) is 0 Å². The Morgan fingerprint density at radius 2 is 2.00 bits per heavy atom. The smallest absolute Gasteiger partial charge is 0.00778 e. The predicted octanol–water partition coefficient (Wildman–Crippen LogP) is 3.32. The van der Waals surface area contributed by atoms with E-state index in [4.69, 9.17) is 0 Å². The lowest BCUT2D eigenvalue weighted by Crippen LogP contribution is -2.31. The van der Waals surface area contributed by atoms with Crippen molar-refractivity contribution in [3.8, 4) is 0 Å². The van der Waals surface area contributed by atoms with Gasteiger partial charge in [0.15, 0.2) is 0 Å². The molecule has 0 N–H and O–H groups in total. The van der Waals surface area contributed by atoms with Crippen molar-refractivity contribution >= 4 is 11.8 Å². The van der Waals surface area contributed by atoms with Crippen molar-refractivity contribution in [2.45, 2.75) is 44.3 Å². The first-order chi connectivity index (χ1) is 5.38. The maximum atomic E-state index is 2.46. The summed E-state index contributed by atoms with van der Waals surface area (Å²) in [6, 6.07) is 0. The van der Waals surface area contributed by atoms with Gasteiger partial charge in [-0.25, -0.2) is 0 Å². The Labute approximate surface area is 74.1 Å². The highest BCUT2D eigenvalue weighted by atomic mass is 32.2. The first-order valence-electron chi connectivity index (χ1n) is 4.99. The summed E-state index contributed by atoms with van der Waals surface area (Å²) in [6.45, 7) is 2.46. The zero-order valence-corrected chi connectivity index (χ0v) is 8.20. The van der Waals surface area contributed by atoms with Gasteiger partial charge in [-0.1, -0.05) is 19.8 Å². The van der Waals surface area contributed by atoms with Crippen LogP contribution < -0.4 is 0 Å². The van der Waals surface area contributed by atoms with E-state index in [0.29, 0.717) is 0 Å². The van der Waals surface area contributed by atoms with E-state index < -0.39 is 0 Å². The normalized spacial score (nSPS) is 45.0. The minimum atomic E-state index is 1.03. The highest BCUT2D eigenvalue weighted by molar-refractivity contribution is 7.99. The molecule has 64 valence electrons. The third-order valence-corrected chi connectivity index (χ3v) is 4.91. The van der Waals surface area contributed by atoms with Gasteiger partial charge in [-0.05, 0) is 36.9 Å². The highest BCUT2D eigenvalue weighted by Gasteiger charge is 2.32. The molecule has 3 atom stereocenters. The molecule has 0 amide bonds. The molecule has 0 aromatic heterocycles. The van der Waals surface area contributed by atoms with E-state index in [9.17, 15) is 0 Å². The third-order valence-electron chi connectivity index (χ3n) is 3.37. The fourth-order valence-corrected chi connectivity index (χ4v) is 4.29. The molecule has 1 saturated heterocycles. The van der Waals surface area contributed by atoms with Crippen molar-refractivity contribution in [3.63, 3.8) is 0 Å². The Morgan fingerprint density at radius 1 is 1.09 bits per heavy atom. The number of hydrogen-bond acceptors (Lipinski definition) is 1. The lowest BCUT2D eigenvalue weighted by atomic mass is 9.77. The molecule has 1 heterocycles. The number of thioether (sulfide) groups is 1. The van der Waals surface area contributed by atoms with Crippen LogP contribution in [0.5, 0.6) is 0 Å². The summed E-state index contributed by atoms with van der Waals surface area (Å²) >= 11 is 2.25. The number of fused-ring (bicyclic) bond motifs is 1. The topological polar surface area (TPSA) is 0 Å². The summed E-state index contributed by atoms with van der Waals surface area (Å²) < 4.78 is 0. The molecule has 1 aliphatic heterocycles. The largest absolute Gasteiger partial charge is 0.158 e. The molecule has 0 nitrogen and oxygen atoms in total. The van der Waals surface area contributed by atoms with Crippen LogP contribution in [0.1, 0.15) is 39.0 Å². The lowest BCUT2D eigenvalue weighted by Gasteiger charge is -2.39. The summed E-state index contributed by atoms with van der Waals surface area (Å²) in [4.78, 5) is 0. The number of rotatable bonds is 0. The van der Waals surface area contributed by atoms with Gasteiger partial charge in [0.05, 0.1) is 0 Å². The van der Waals surface area contributed by atoms with Crippen LogP contribution in [0.25, 0.3) is 0 Å². The summed E-state index contributed by atoms with van der Waals surface area (Å²) in [5.74, 6) is 3.55. The molecule has 2 rings (SSSR count). The molecule has 1 aliphatic carbocycles. The van der Waals surface area contributed by atoms with Crippen LogP contribution in [-0.4, -0.2) is 11.0 Å². The molecule has 0 aromatic carbocycles. The van der Waals surface area contributed by atoms with Crippen LogP contribution in [0.4, 0.5) is 0 Å². The van der Waals surface area contributed by atoms with Crippen LogP contribution >= 0.6 is 11.8 Å². The average Bonchev–Trinajstić information content (AvgIpc) is 2.06. The second-order valence-corrected chi connectivity index (χ2v) is 5.47. The Hall–Kier alpha value is 0.350. The van der Waals surface area contributed by atoms with Gasteiger partial charge < -0.3 is 0 Å². The molecule has 0 bridgehead atoms. The average molecular weight is 170 g/mol. The van der Waals surface area contributed by atoms with Crippen molar-refractivity contribution in [1.29, 1.82) is 0 Å². The van der Waals surface area contributed by atoms with E-state index in [1.54, 1.807) is 0 Å². The SMILES string of the molecule is C[C@H]1CCC[C@@H]2SCCC[C@H]21. The van der Waals surface area contributed by atoms with Crippen molar-refractivity contribution in [3.05, 3.63) is 0 Å². The molecular formula is C10H18S. The second kappa shape index (κ2) is 3.38. The zero-order chi connectivity index (χ0) is 7.68. The van der Waals surface area contributed by atoms with Crippen molar-refractivity contribution in [2.24, 2.45) is 11.8 Å². The monoisotopic (exact) mass is 170 g/mol. The van der Waals surface area contributed by atoms with Crippen molar-refractivity contribution in [1.82, 2.24) is 0 Å². The van der Waals surface area contributed by atoms with E-state index in [0.717, 1.165) is 17.1 Å². The molecule has 1 heteroatoms. The van der Waals surface area contributed by atoms with Crippen LogP contribution in [0.3, 0.4) is 0 Å². The fraction of sp³-hybridized carbons (Fsp3) is 1.00. The van der Waals surface area contributed by atoms with Crippen LogP contribution in [0.2, 0.25) is 0 Å². The summed E-state index contributed by atoms with van der Waals surface area (Å²) in [5.41, 5.74) is 0. The summed E-state index contributed by atoms with van der Waals surface area (Å²) in [5, 5.41) is 1.05. The first kappa shape index (κ1) is 7.97. The zero-order valence-electron chi connectivity index (χ0n) is 7.38. The Bertz CT molecular complexity index is 131. The van der Waals surface area contributed by atoms with Gasteiger partial charge in [-0.3, -0.25) is 0 Å². The fourth-order valence-electron chi connectivity index (χ4n) is 2.67. The van der Waals surface area contributed by atoms with Crippen molar-refractivity contribution < 1.29 is 0 Å². The Morgan fingerprint density at radius 3 is 2.82 bits per heavy atom. The molecule has 0 spiro atoms. The standard InChI is InChI=1S/C10H18S/c1-8-4-2-6-10-9(8)5-3-7-11-10/h8-10H,2-7H2,1H3/t8-,9-,10-/m0/s1. The van der Waals surface area contributed by atoms with Gasteiger partial charge >= 0.3 is 0 Å². The Balaban J connectivity index is 1.99. The van der Waals surface area contributed by atoms with Gasteiger partial charge in [0.2, 0.25) is 0 Å². The van der Waals surface area contributed by atoms with Crippen LogP contribution in [-0.2, 0) is 0 Å². The van der Waals surface area contributed by atoms with E-state index in [1.165, 1.54) is 37.9 Å². The predicted molar refractivity (Wildman–Crippen MR) is 52.0 cm³/mol. The third kappa shape index (κ3) is 1.58. The minimum absolute atomic E-state index is 1.03. The summed E-state index contributed by atoms with van der Waals surface area (Å²) in [7, 11) is 0. The first-order valence-corrected chi connectivity index (χ1v) is 6.04. The molecule has 1 saturated carbocycles. The van der Waals surface area contributed by atoms with E-state index >= 15 is 0 Å². The molecule has 2 aliphatic rings. The van der Waals surface area contributed by atoms with Crippen molar-refractivity contribution in [2.75, 3.05) is 5.75 Å².